The lowest BCUT2D eigenvalue weighted by Gasteiger charge is -2.23. The maximum atomic E-state index is 12.3. The van der Waals surface area contributed by atoms with Crippen molar-refractivity contribution < 1.29 is 0 Å². The topological polar surface area (TPSA) is 46.4 Å². The quantitative estimate of drug-likeness (QED) is 0.646. The molecule has 0 fully saturated rings. The van der Waals surface area contributed by atoms with Crippen LogP contribution in [0.1, 0.15) is 43.6 Å². The molecule has 0 unspecified atom stereocenters. The first kappa shape index (κ1) is 18.8. The molecule has 0 saturated heterocycles. The minimum atomic E-state index is -0.0681. The van der Waals surface area contributed by atoms with Crippen LogP contribution >= 0.6 is 15.9 Å². The molecule has 1 N–H and O–H groups in total. The summed E-state index contributed by atoms with van der Waals surface area (Å²) in [5.41, 5.74) is 3.95. The SMILES string of the molecule is CCc1ccc([C@H](NCc2cc(=O)n3cc(Br)ccc3n2)C(C)C)cc1. The van der Waals surface area contributed by atoms with Crippen molar-refractivity contribution in [3.05, 3.63) is 80.3 Å². The highest BCUT2D eigenvalue weighted by Gasteiger charge is 2.16. The molecule has 4 nitrogen and oxygen atoms in total. The van der Waals surface area contributed by atoms with E-state index in [-0.39, 0.29) is 11.6 Å². The second-order valence-corrected chi connectivity index (χ2v) is 7.77. The summed E-state index contributed by atoms with van der Waals surface area (Å²) in [7, 11) is 0. The van der Waals surface area contributed by atoms with E-state index < -0.39 is 0 Å². The Morgan fingerprint density at radius 3 is 2.54 bits per heavy atom. The molecule has 3 aromatic rings. The van der Waals surface area contributed by atoms with Crippen LogP contribution in [0, 0.1) is 5.92 Å². The van der Waals surface area contributed by atoms with Crippen molar-refractivity contribution in [2.75, 3.05) is 0 Å². The smallest absolute Gasteiger partial charge is 0.258 e. The Balaban J connectivity index is 1.81. The van der Waals surface area contributed by atoms with Gasteiger partial charge in [-0.05, 0) is 51.5 Å². The molecule has 0 amide bonds. The van der Waals surface area contributed by atoms with Crippen molar-refractivity contribution in [1.82, 2.24) is 14.7 Å². The van der Waals surface area contributed by atoms with Gasteiger partial charge >= 0.3 is 0 Å². The zero-order valence-electron chi connectivity index (χ0n) is 15.4. The number of hydrogen-bond acceptors (Lipinski definition) is 3. The highest BCUT2D eigenvalue weighted by Crippen LogP contribution is 2.22. The van der Waals surface area contributed by atoms with Crippen molar-refractivity contribution in [3.8, 4) is 0 Å². The number of pyridine rings is 1. The molecular weight excluding hydrogens is 390 g/mol. The molecule has 2 aromatic heterocycles. The van der Waals surface area contributed by atoms with Crippen LogP contribution in [0.4, 0.5) is 0 Å². The number of aromatic nitrogens is 2. The molecule has 2 heterocycles. The average Bonchev–Trinajstić information content (AvgIpc) is 2.63. The summed E-state index contributed by atoms with van der Waals surface area (Å²) in [6.45, 7) is 7.12. The third kappa shape index (κ3) is 4.22. The fraction of sp³-hybridized carbons (Fsp3) is 0.333. The molecule has 5 heteroatoms. The second-order valence-electron chi connectivity index (χ2n) is 6.86. The van der Waals surface area contributed by atoms with Crippen molar-refractivity contribution in [2.24, 2.45) is 5.92 Å². The van der Waals surface area contributed by atoms with E-state index in [2.05, 4.69) is 71.3 Å². The van der Waals surface area contributed by atoms with Gasteiger partial charge in [-0.15, -0.1) is 0 Å². The number of aryl methyl sites for hydroxylation is 1. The minimum Gasteiger partial charge on any atom is -0.304 e. The van der Waals surface area contributed by atoms with Gasteiger partial charge in [-0.3, -0.25) is 9.20 Å². The zero-order valence-corrected chi connectivity index (χ0v) is 17.0. The van der Waals surface area contributed by atoms with Gasteiger partial charge in [0, 0.05) is 29.3 Å². The molecule has 0 aliphatic heterocycles. The van der Waals surface area contributed by atoms with Gasteiger partial charge in [-0.2, -0.15) is 0 Å². The van der Waals surface area contributed by atoms with E-state index in [0.29, 0.717) is 18.1 Å². The van der Waals surface area contributed by atoms with Gasteiger partial charge < -0.3 is 5.32 Å². The highest BCUT2D eigenvalue weighted by molar-refractivity contribution is 9.10. The highest BCUT2D eigenvalue weighted by atomic mass is 79.9. The van der Waals surface area contributed by atoms with Crippen LogP contribution in [-0.2, 0) is 13.0 Å². The largest absolute Gasteiger partial charge is 0.304 e. The lowest BCUT2D eigenvalue weighted by Crippen LogP contribution is -2.27. The fourth-order valence-corrected chi connectivity index (χ4v) is 3.47. The molecule has 0 radical (unpaired) electrons. The molecule has 1 atom stereocenters. The van der Waals surface area contributed by atoms with Crippen LogP contribution in [0.15, 0.2) is 57.9 Å². The maximum absolute atomic E-state index is 12.3. The van der Waals surface area contributed by atoms with E-state index in [1.165, 1.54) is 11.1 Å². The monoisotopic (exact) mass is 413 g/mol. The number of nitrogens with zero attached hydrogens (tertiary/aromatic N) is 2. The molecular formula is C21H24BrN3O. The van der Waals surface area contributed by atoms with E-state index in [1.54, 1.807) is 16.7 Å². The van der Waals surface area contributed by atoms with E-state index >= 15 is 0 Å². The fourth-order valence-electron chi connectivity index (χ4n) is 3.13. The van der Waals surface area contributed by atoms with Crippen molar-refractivity contribution in [3.63, 3.8) is 0 Å². The number of rotatable bonds is 6. The molecule has 0 saturated carbocycles. The lowest BCUT2D eigenvalue weighted by molar-refractivity contribution is 0.408. The minimum absolute atomic E-state index is 0.0681. The van der Waals surface area contributed by atoms with Crippen molar-refractivity contribution >= 4 is 21.6 Å². The summed E-state index contributed by atoms with van der Waals surface area (Å²) in [5, 5.41) is 3.57. The van der Waals surface area contributed by atoms with Crippen LogP contribution in [0.25, 0.3) is 5.65 Å². The van der Waals surface area contributed by atoms with Crippen LogP contribution in [0.2, 0.25) is 0 Å². The Morgan fingerprint density at radius 2 is 1.88 bits per heavy atom. The van der Waals surface area contributed by atoms with E-state index in [0.717, 1.165) is 16.6 Å². The van der Waals surface area contributed by atoms with Gasteiger partial charge in [-0.1, -0.05) is 45.0 Å². The number of fused-ring (bicyclic) bond motifs is 1. The van der Waals surface area contributed by atoms with Crippen LogP contribution in [0.3, 0.4) is 0 Å². The number of halogens is 1. The molecule has 0 spiro atoms. The van der Waals surface area contributed by atoms with Gasteiger partial charge in [-0.25, -0.2) is 4.98 Å². The average molecular weight is 414 g/mol. The molecule has 3 rings (SSSR count). The van der Waals surface area contributed by atoms with Crippen LogP contribution in [0.5, 0.6) is 0 Å². The van der Waals surface area contributed by atoms with Gasteiger partial charge in [0.2, 0.25) is 0 Å². The Labute approximate surface area is 162 Å². The van der Waals surface area contributed by atoms with Crippen molar-refractivity contribution in [2.45, 2.75) is 39.8 Å². The number of benzene rings is 1. The molecule has 0 aliphatic carbocycles. The number of nitrogens with one attached hydrogen (secondary N) is 1. The van der Waals surface area contributed by atoms with E-state index in [4.69, 9.17) is 0 Å². The lowest BCUT2D eigenvalue weighted by atomic mass is 9.95. The summed E-state index contributed by atoms with van der Waals surface area (Å²) in [4.78, 5) is 17.0. The van der Waals surface area contributed by atoms with Crippen LogP contribution < -0.4 is 10.9 Å². The Kier molecular flexibility index (Phi) is 5.89. The molecule has 26 heavy (non-hydrogen) atoms. The molecule has 136 valence electrons. The summed E-state index contributed by atoms with van der Waals surface area (Å²) in [5.74, 6) is 0.431. The van der Waals surface area contributed by atoms with Crippen molar-refractivity contribution in [1.29, 1.82) is 0 Å². The molecule has 0 bridgehead atoms. The van der Waals surface area contributed by atoms with Gasteiger partial charge in [0.15, 0.2) is 0 Å². The van der Waals surface area contributed by atoms with Gasteiger partial charge in [0.05, 0.1) is 5.69 Å². The standard InChI is InChI=1S/C21H24BrN3O/c1-4-15-5-7-16(8-6-15)21(14(2)3)23-12-18-11-20(26)25-13-17(22)9-10-19(25)24-18/h5-11,13-14,21,23H,4,12H2,1-3H3/t21-/m1/s1. The van der Waals surface area contributed by atoms with Gasteiger partial charge in [0.25, 0.3) is 5.56 Å². The Hall–Kier alpha value is -1.98. The zero-order chi connectivity index (χ0) is 18.7. The molecule has 1 aromatic carbocycles. The summed E-state index contributed by atoms with van der Waals surface area (Å²) < 4.78 is 2.41. The first-order valence-corrected chi connectivity index (χ1v) is 9.77. The maximum Gasteiger partial charge on any atom is 0.258 e. The summed E-state index contributed by atoms with van der Waals surface area (Å²) in [6.07, 6.45) is 2.79. The first-order chi connectivity index (χ1) is 12.5. The summed E-state index contributed by atoms with van der Waals surface area (Å²) >= 11 is 3.39. The number of hydrogen-bond donors (Lipinski definition) is 1. The van der Waals surface area contributed by atoms with Gasteiger partial charge in [0.1, 0.15) is 5.65 Å². The Bertz CT molecular complexity index is 948. The third-order valence-corrected chi connectivity index (χ3v) is 5.06. The predicted octanol–water partition coefficient (Wildman–Crippen LogP) is 4.51. The predicted molar refractivity (Wildman–Crippen MR) is 109 cm³/mol. The third-order valence-electron chi connectivity index (χ3n) is 4.59. The second kappa shape index (κ2) is 8.14. The summed E-state index contributed by atoms with van der Waals surface area (Å²) in [6, 6.07) is 14.3. The van der Waals surface area contributed by atoms with Crippen LogP contribution in [-0.4, -0.2) is 9.38 Å². The van der Waals surface area contributed by atoms with E-state index in [9.17, 15) is 4.79 Å². The first-order valence-electron chi connectivity index (χ1n) is 8.98. The molecule has 0 aliphatic rings. The van der Waals surface area contributed by atoms with E-state index in [1.807, 2.05) is 12.1 Å². The normalized spacial score (nSPS) is 12.7. The Morgan fingerprint density at radius 1 is 1.15 bits per heavy atom.